The van der Waals surface area contributed by atoms with Crippen molar-refractivity contribution < 1.29 is 9.47 Å². The third-order valence-corrected chi connectivity index (χ3v) is 4.03. The lowest BCUT2D eigenvalue weighted by atomic mass is 10.1. The van der Waals surface area contributed by atoms with Gasteiger partial charge in [0.25, 0.3) is 0 Å². The smallest absolute Gasteiger partial charge is 0.134 e. The normalized spacial score (nSPS) is 11.0. The summed E-state index contributed by atoms with van der Waals surface area (Å²) >= 11 is 3.63. The molecule has 0 saturated carbocycles. The van der Waals surface area contributed by atoms with Crippen molar-refractivity contribution in [2.45, 2.75) is 13.3 Å². The lowest BCUT2D eigenvalue weighted by molar-refractivity contribution is 0.144. The average Bonchev–Trinajstić information content (AvgIpc) is 2.52. The maximum Gasteiger partial charge on any atom is 0.134 e. The molecule has 4 heteroatoms. The topological polar surface area (TPSA) is 30.5 Å². The Hall–Kier alpha value is -1.10. The fourth-order valence-corrected chi connectivity index (χ4v) is 2.73. The second-order valence-corrected chi connectivity index (χ2v) is 5.54. The largest absolute Gasteiger partial charge is 0.491 e. The highest BCUT2D eigenvalue weighted by Crippen LogP contribution is 2.32. The molecule has 0 heterocycles. The summed E-state index contributed by atoms with van der Waals surface area (Å²) in [6, 6.07) is 12.4. The van der Waals surface area contributed by atoms with E-state index in [1.165, 1.54) is 10.8 Å². The van der Waals surface area contributed by atoms with Crippen LogP contribution in [-0.2, 0) is 4.74 Å². The second kappa shape index (κ2) is 9.03. The van der Waals surface area contributed by atoms with Gasteiger partial charge in [0.15, 0.2) is 0 Å². The molecule has 0 fully saturated rings. The van der Waals surface area contributed by atoms with Crippen molar-refractivity contribution in [1.29, 1.82) is 0 Å². The molecule has 0 atom stereocenters. The van der Waals surface area contributed by atoms with Gasteiger partial charge >= 0.3 is 0 Å². The third kappa shape index (κ3) is 4.99. The molecule has 0 bridgehead atoms. The number of hydrogen-bond donors (Lipinski definition) is 1. The van der Waals surface area contributed by atoms with Crippen LogP contribution in [0.15, 0.2) is 40.9 Å². The molecule has 114 valence electrons. The maximum atomic E-state index is 5.83. The van der Waals surface area contributed by atoms with E-state index in [4.69, 9.17) is 9.47 Å². The quantitative estimate of drug-likeness (QED) is 0.692. The first-order valence-corrected chi connectivity index (χ1v) is 8.20. The molecule has 0 aliphatic carbocycles. The van der Waals surface area contributed by atoms with Crippen LogP contribution in [0.3, 0.4) is 0 Å². The maximum absolute atomic E-state index is 5.83. The molecule has 0 amide bonds. The van der Waals surface area contributed by atoms with Crippen LogP contribution < -0.4 is 10.1 Å². The van der Waals surface area contributed by atoms with Gasteiger partial charge in [-0.2, -0.15) is 0 Å². The summed E-state index contributed by atoms with van der Waals surface area (Å²) < 4.78 is 12.1. The molecule has 0 spiro atoms. The number of hydrogen-bond acceptors (Lipinski definition) is 3. The average molecular weight is 352 g/mol. The van der Waals surface area contributed by atoms with Crippen LogP contribution in [0.5, 0.6) is 5.75 Å². The molecule has 21 heavy (non-hydrogen) atoms. The van der Waals surface area contributed by atoms with Crippen LogP contribution in [0.4, 0.5) is 0 Å². The van der Waals surface area contributed by atoms with Gasteiger partial charge in [0.05, 0.1) is 4.47 Å². The summed E-state index contributed by atoms with van der Waals surface area (Å²) in [5.74, 6) is 0.893. The minimum atomic E-state index is 0.658. The number of rotatable bonds is 9. The number of benzene rings is 2. The Labute approximate surface area is 134 Å². The van der Waals surface area contributed by atoms with Gasteiger partial charge in [-0.1, -0.05) is 30.3 Å². The zero-order valence-corrected chi connectivity index (χ0v) is 14.0. The number of ether oxygens (including phenoxy) is 2. The van der Waals surface area contributed by atoms with E-state index >= 15 is 0 Å². The summed E-state index contributed by atoms with van der Waals surface area (Å²) in [5.41, 5.74) is 0. The summed E-state index contributed by atoms with van der Waals surface area (Å²) in [4.78, 5) is 0. The first-order chi connectivity index (χ1) is 10.3. The zero-order chi connectivity index (χ0) is 14.9. The highest BCUT2D eigenvalue weighted by molar-refractivity contribution is 9.10. The van der Waals surface area contributed by atoms with Gasteiger partial charge in [-0.05, 0) is 52.7 Å². The SMILES string of the molecule is CCOCCCNCCOc1ccc2ccccc2c1Br. The second-order valence-electron chi connectivity index (χ2n) is 4.75. The lowest BCUT2D eigenvalue weighted by Gasteiger charge is -2.11. The van der Waals surface area contributed by atoms with E-state index in [0.29, 0.717) is 6.61 Å². The molecule has 0 radical (unpaired) electrons. The Morgan fingerprint density at radius 3 is 2.76 bits per heavy atom. The third-order valence-electron chi connectivity index (χ3n) is 3.21. The minimum absolute atomic E-state index is 0.658. The van der Waals surface area contributed by atoms with Gasteiger partial charge in [0.1, 0.15) is 12.4 Å². The summed E-state index contributed by atoms with van der Waals surface area (Å²) in [7, 11) is 0. The molecule has 2 aromatic carbocycles. The van der Waals surface area contributed by atoms with Gasteiger partial charge in [0, 0.05) is 19.8 Å². The molecule has 0 aliphatic heterocycles. The number of halogens is 1. The van der Waals surface area contributed by atoms with E-state index in [9.17, 15) is 0 Å². The fraction of sp³-hybridized carbons (Fsp3) is 0.412. The number of fused-ring (bicyclic) bond motifs is 1. The first-order valence-electron chi connectivity index (χ1n) is 7.41. The molecule has 0 aliphatic rings. The van der Waals surface area contributed by atoms with Crippen molar-refractivity contribution in [1.82, 2.24) is 5.32 Å². The summed E-state index contributed by atoms with van der Waals surface area (Å²) in [5, 5.41) is 5.74. The number of nitrogens with one attached hydrogen (secondary N) is 1. The van der Waals surface area contributed by atoms with Gasteiger partial charge in [-0.25, -0.2) is 0 Å². The molecule has 2 aromatic rings. The predicted octanol–water partition coefficient (Wildman–Crippen LogP) is 4.00. The van der Waals surface area contributed by atoms with Gasteiger partial charge in [-0.3, -0.25) is 0 Å². The van der Waals surface area contributed by atoms with E-state index < -0.39 is 0 Å². The van der Waals surface area contributed by atoms with Crippen molar-refractivity contribution in [3.8, 4) is 5.75 Å². The molecule has 3 nitrogen and oxygen atoms in total. The highest BCUT2D eigenvalue weighted by atomic mass is 79.9. The molecule has 2 rings (SSSR count). The standard InChI is InChI=1S/C17H22BrNO2/c1-2-20-12-5-10-19-11-13-21-16-9-8-14-6-3-4-7-15(14)17(16)18/h3-4,6-9,19H,2,5,10-13H2,1H3. The van der Waals surface area contributed by atoms with Gasteiger partial charge in [0.2, 0.25) is 0 Å². The van der Waals surface area contributed by atoms with Crippen LogP contribution in [0.2, 0.25) is 0 Å². The van der Waals surface area contributed by atoms with Crippen molar-refractivity contribution in [2.24, 2.45) is 0 Å². The van der Waals surface area contributed by atoms with Crippen LogP contribution >= 0.6 is 15.9 Å². The Morgan fingerprint density at radius 2 is 1.90 bits per heavy atom. The van der Waals surface area contributed by atoms with Gasteiger partial charge < -0.3 is 14.8 Å². The van der Waals surface area contributed by atoms with E-state index in [-0.39, 0.29) is 0 Å². The van der Waals surface area contributed by atoms with Crippen LogP contribution in [0, 0.1) is 0 Å². The predicted molar refractivity (Wildman–Crippen MR) is 91.1 cm³/mol. The summed E-state index contributed by atoms with van der Waals surface area (Å²) in [6.45, 7) is 6.08. The Kier molecular flexibility index (Phi) is 7.00. The Morgan fingerprint density at radius 1 is 1.05 bits per heavy atom. The monoisotopic (exact) mass is 351 g/mol. The van der Waals surface area contributed by atoms with E-state index in [0.717, 1.165) is 42.9 Å². The molecular formula is C17H22BrNO2. The van der Waals surface area contributed by atoms with Crippen LogP contribution in [0.1, 0.15) is 13.3 Å². The zero-order valence-electron chi connectivity index (χ0n) is 12.4. The van der Waals surface area contributed by atoms with Crippen molar-refractivity contribution in [3.63, 3.8) is 0 Å². The van der Waals surface area contributed by atoms with Crippen LogP contribution in [0.25, 0.3) is 10.8 Å². The molecule has 0 aromatic heterocycles. The highest BCUT2D eigenvalue weighted by Gasteiger charge is 2.05. The molecule has 1 N–H and O–H groups in total. The van der Waals surface area contributed by atoms with Crippen molar-refractivity contribution in [3.05, 3.63) is 40.9 Å². The fourth-order valence-electron chi connectivity index (χ4n) is 2.13. The summed E-state index contributed by atoms with van der Waals surface area (Å²) in [6.07, 6.45) is 1.04. The molecule has 0 saturated heterocycles. The van der Waals surface area contributed by atoms with Crippen LogP contribution in [-0.4, -0.2) is 32.9 Å². The molecular weight excluding hydrogens is 330 g/mol. The first kappa shape index (κ1) is 16.3. The van der Waals surface area contributed by atoms with E-state index in [2.05, 4.69) is 39.4 Å². The van der Waals surface area contributed by atoms with Gasteiger partial charge in [-0.15, -0.1) is 0 Å². The molecule has 0 unspecified atom stereocenters. The Balaban J connectivity index is 1.75. The minimum Gasteiger partial charge on any atom is -0.491 e. The lowest BCUT2D eigenvalue weighted by Crippen LogP contribution is -2.23. The van der Waals surface area contributed by atoms with E-state index in [1.807, 2.05) is 25.1 Å². The van der Waals surface area contributed by atoms with E-state index in [1.54, 1.807) is 0 Å². The van der Waals surface area contributed by atoms with Crippen molar-refractivity contribution >= 4 is 26.7 Å². The Bertz CT molecular complexity index is 559. The van der Waals surface area contributed by atoms with Crippen molar-refractivity contribution in [2.75, 3.05) is 32.9 Å².